The number of phenolic OH excluding ortho intramolecular Hbond substituents is 2. The number of hydrogen-bond donors (Lipinski definition) is 3. The first-order valence-electron chi connectivity index (χ1n) is 7.37. The maximum atomic E-state index is 12.9. The fourth-order valence-electron chi connectivity index (χ4n) is 2.49. The van der Waals surface area contributed by atoms with Crippen LogP contribution < -0.4 is 10.2 Å². The van der Waals surface area contributed by atoms with Gasteiger partial charge in [-0.05, 0) is 54.5 Å². The van der Waals surface area contributed by atoms with Crippen LogP contribution in [0.25, 0.3) is 6.08 Å². The average molecular weight is 354 g/mol. The Labute approximate surface area is 149 Å². The predicted octanol–water partition coefficient (Wildman–Crippen LogP) is 2.24. The Morgan fingerprint density at radius 1 is 1.08 bits per heavy atom. The first-order valence-corrected chi connectivity index (χ1v) is 7.78. The third kappa shape index (κ3) is 3.09. The average Bonchev–Trinajstić information content (AvgIpc) is 2.56. The van der Waals surface area contributed by atoms with Crippen LogP contribution in [0.1, 0.15) is 11.1 Å². The fraction of sp³-hybridized carbons (Fsp3) is 0.0556. The van der Waals surface area contributed by atoms with Gasteiger partial charge >= 0.3 is 0 Å². The molecule has 126 valence electrons. The molecule has 6 nitrogen and oxygen atoms in total. The minimum atomic E-state index is -0.618. The number of nitrogens with zero attached hydrogens (tertiary/aromatic N) is 1. The quantitative estimate of drug-likeness (QED) is 0.333. The zero-order valence-electron chi connectivity index (χ0n) is 13.2. The topological polar surface area (TPSA) is 89.9 Å². The molecule has 3 rings (SSSR count). The third-order valence-corrected chi connectivity index (χ3v) is 4.05. The number of rotatable bonds is 2. The van der Waals surface area contributed by atoms with E-state index in [1.807, 2.05) is 19.1 Å². The summed E-state index contributed by atoms with van der Waals surface area (Å²) in [6, 6.07) is 11.2. The summed E-state index contributed by atoms with van der Waals surface area (Å²) in [5.74, 6) is -1.81. The third-order valence-electron chi connectivity index (χ3n) is 3.77. The van der Waals surface area contributed by atoms with Crippen molar-refractivity contribution < 1.29 is 19.8 Å². The number of carbonyl (C=O) groups is 2. The van der Waals surface area contributed by atoms with Gasteiger partial charge in [0, 0.05) is 0 Å². The maximum Gasteiger partial charge on any atom is 0.270 e. The minimum absolute atomic E-state index is 0.00926. The monoisotopic (exact) mass is 354 g/mol. The molecule has 0 aromatic heterocycles. The Morgan fingerprint density at radius 3 is 2.48 bits per heavy atom. The molecule has 0 atom stereocenters. The summed E-state index contributed by atoms with van der Waals surface area (Å²) < 4.78 is 0. The highest BCUT2D eigenvalue weighted by atomic mass is 32.1. The number of para-hydroxylation sites is 1. The molecule has 0 aliphatic carbocycles. The van der Waals surface area contributed by atoms with Crippen molar-refractivity contribution in [1.29, 1.82) is 0 Å². The van der Waals surface area contributed by atoms with E-state index >= 15 is 0 Å². The first-order chi connectivity index (χ1) is 11.9. The normalized spacial score (nSPS) is 16.3. The van der Waals surface area contributed by atoms with Crippen molar-refractivity contribution in [1.82, 2.24) is 5.32 Å². The van der Waals surface area contributed by atoms with E-state index in [1.165, 1.54) is 29.2 Å². The summed E-state index contributed by atoms with van der Waals surface area (Å²) in [6.45, 7) is 1.84. The van der Waals surface area contributed by atoms with Gasteiger partial charge in [-0.25, -0.2) is 0 Å². The van der Waals surface area contributed by atoms with Crippen LogP contribution in [-0.2, 0) is 9.59 Å². The van der Waals surface area contributed by atoms with Crippen LogP contribution in [-0.4, -0.2) is 27.1 Å². The highest BCUT2D eigenvalue weighted by Crippen LogP contribution is 2.28. The molecule has 25 heavy (non-hydrogen) atoms. The SMILES string of the molecule is Cc1ccccc1N1C(=O)C(=Cc2ccc(O)c(O)c2)C(=O)NC1=S. The largest absolute Gasteiger partial charge is 0.504 e. The summed E-state index contributed by atoms with van der Waals surface area (Å²) in [5.41, 5.74) is 1.68. The fourth-order valence-corrected chi connectivity index (χ4v) is 2.76. The van der Waals surface area contributed by atoms with Crippen molar-refractivity contribution in [2.24, 2.45) is 0 Å². The predicted molar refractivity (Wildman–Crippen MR) is 97.2 cm³/mol. The lowest BCUT2D eigenvalue weighted by Gasteiger charge is -2.30. The zero-order chi connectivity index (χ0) is 18.1. The standard InChI is InChI=1S/C18H14N2O4S/c1-10-4-2-3-5-13(10)20-17(24)12(16(23)19-18(20)25)8-11-6-7-14(21)15(22)9-11/h2-9,21-22H,1H3,(H,19,23,25). The number of carbonyl (C=O) groups excluding carboxylic acids is 2. The number of aromatic hydroxyl groups is 2. The van der Waals surface area contributed by atoms with E-state index in [4.69, 9.17) is 12.2 Å². The number of aryl methyl sites for hydroxylation is 1. The summed E-state index contributed by atoms with van der Waals surface area (Å²) >= 11 is 5.15. The van der Waals surface area contributed by atoms with Gasteiger partial charge in [-0.1, -0.05) is 24.3 Å². The molecule has 0 radical (unpaired) electrons. The van der Waals surface area contributed by atoms with Crippen LogP contribution in [0.4, 0.5) is 5.69 Å². The van der Waals surface area contributed by atoms with Gasteiger partial charge in [0.1, 0.15) is 5.57 Å². The van der Waals surface area contributed by atoms with Crippen LogP contribution in [0, 0.1) is 6.92 Å². The lowest BCUT2D eigenvalue weighted by Crippen LogP contribution is -2.54. The molecule has 3 N–H and O–H groups in total. The molecule has 1 aliphatic heterocycles. The second kappa shape index (κ2) is 6.37. The van der Waals surface area contributed by atoms with E-state index in [0.29, 0.717) is 11.3 Å². The summed E-state index contributed by atoms with van der Waals surface area (Å²) in [5, 5.41) is 21.4. The van der Waals surface area contributed by atoms with Crippen LogP contribution in [0.3, 0.4) is 0 Å². The molecule has 1 saturated heterocycles. The van der Waals surface area contributed by atoms with Crippen LogP contribution in [0.15, 0.2) is 48.0 Å². The molecule has 1 fully saturated rings. The Hall–Kier alpha value is -3.19. The van der Waals surface area contributed by atoms with Gasteiger partial charge in [-0.3, -0.25) is 19.8 Å². The molecule has 2 aromatic rings. The van der Waals surface area contributed by atoms with Crippen molar-refractivity contribution >= 4 is 40.9 Å². The highest BCUT2D eigenvalue weighted by molar-refractivity contribution is 7.80. The van der Waals surface area contributed by atoms with Gasteiger partial charge < -0.3 is 10.2 Å². The van der Waals surface area contributed by atoms with Crippen molar-refractivity contribution in [2.75, 3.05) is 4.90 Å². The molecule has 0 bridgehead atoms. The lowest BCUT2D eigenvalue weighted by molar-refractivity contribution is -0.122. The molecule has 2 aromatic carbocycles. The van der Waals surface area contributed by atoms with E-state index in [9.17, 15) is 19.8 Å². The number of amides is 2. The van der Waals surface area contributed by atoms with Crippen LogP contribution in [0.2, 0.25) is 0 Å². The Kier molecular flexibility index (Phi) is 4.24. The van der Waals surface area contributed by atoms with Gasteiger partial charge in [0.2, 0.25) is 0 Å². The summed E-state index contributed by atoms with van der Waals surface area (Å²) in [6.07, 6.45) is 1.34. The van der Waals surface area contributed by atoms with Crippen molar-refractivity contribution in [3.63, 3.8) is 0 Å². The zero-order valence-corrected chi connectivity index (χ0v) is 14.0. The first kappa shape index (κ1) is 16.7. The number of phenols is 2. The van der Waals surface area contributed by atoms with Gasteiger partial charge in [-0.2, -0.15) is 0 Å². The van der Waals surface area contributed by atoms with E-state index in [0.717, 1.165) is 5.56 Å². The Bertz CT molecular complexity index is 936. The smallest absolute Gasteiger partial charge is 0.270 e. The molecular formula is C18H14N2O4S. The Morgan fingerprint density at radius 2 is 1.80 bits per heavy atom. The van der Waals surface area contributed by atoms with E-state index in [1.54, 1.807) is 12.1 Å². The number of anilines is 1. The lowest BCUT2D eigenvalue weighted by atomic mass is 10.1. The van der Waals surface area contributed by atoms with Gasteiger partial charge in [-0.15, -0.1) is 0 Å². The molecule has 2 amide bonds. The van der Waals surface area contributed by atoms with E-state index in [2.05, 4.69) is 5.32 Å². The van der Waals surface area contributed by atoms with Gasteiger partial charge in [0.05, 0.1) is 5.69 Å². The summed E-state index contributed by atoms with van der Waals surface area (Å²) in [7, 11) is 0. The molecule has 0 unspecified atom stereocenters. The highest BCUT2D eigenvalue weighted by Gasteiger charge is 2.35. The Balaban J connectivity index is 2.05. The van der Waals surface area contributed by atoms with Crippen molar-refractivity contribution in [3.8, 4) is 11.5 Å². The minimum Gasteiger partial charge on any atom is -0.504 e. The maximum absolute atomic E-state index is 12.9. The number of nitrogens with one attached hydrogen (secondary N) is 1. The summed E-state index contributed by atoms with van der Waals surface area (Å²) in [4.78, 5) is 26.3. The van der Waals surface area contributed by atoms with Crippen LogP contribution >= 0.6 is 12.2 Å². The molecule has 0 saturated carbocycles. The molecule has 1 aliphatic rings. The van der Waals surface area contributed by atoms with Crippen molar-refractivity contribution in [3.05, 3.63) is 59.2 Å². The van der Waals surface area contributed by atoms with E-state index < -0.39 is 11.8 Å². The molecule has 1 heterocycles. The van der Waals surface area contributed by atoms with Crippen LogP contribution in [0.5, 0.6) is 11.5 Å². The van der Waals surface area contributed by atoms with Gasteiger partial charge in [0.15, 0.2) is 16.6 Å². The molecule has 7 heteroatoms. The molecular weight excluding hydrogens is 340 g/mol. The second-order valence-corrected chi connectivity index (χ2v) is 5.88. The number of hydrogen-bond acceptors (Lipinski definition) is 5. The second-order valence-electron chi connectivity index (χ2n) is 5.49. The molecule has 0 spiro atoms. The van der Waals surface area contributed by atoms with Gasteiger partial charge in [0.25, 0.3) is 11.8 Å². The number of benzene rings is 2. The van der Waals surface area contributed by atoms with E-state index in [-0.39, 0.29) is 22.2 Å². The number of thiocarbonyl (C=S) groups is 1. The van der Waals surface area contributed by atoms with Crippen molar-refractivity contribution in [2.45, 2.75) is 6.92 Å².